The first-order valence-electron chi connectivity index (χ1n) is 5.97. The number of benzene rings is 1. The fourth-order valence-electron chi connectivity index (χ4n) is 1.49. The molecule has 1 atom stereocenters. The summed E-state index contributed by atoms with van der Waals surface area (Å²) in [7, 11) is 0. The summed E-state index contributed by atoms with van der Waals surface area (Å²) in [6.45, 7) is 4.10. The molecule has 1 aromatic rings. The Balaban J connectivity index is 2.71. The lowest BCUT2D eigenvalue weighted by molar-refractivity contribution is -0.384. The van der Waals surface area contributed by atoms with E-state index < -0.39 is 10.8 Å². The number of esters is 1. The number of nitrogens with zero attached hydrogens (tertiary/aromatic N) is 1. The maximum Gasteiger partial charge on any atom is 0.313 e. The Hall–Kier alpha value is -1.91. The number of hydrogen-bond donors (Lipinski definition) is 0. The van der Waals surface area contributed by atoms with Crippen LogP contribution in [0.4, 0.5) is 5.69 Å². The standard InChI is InChI=1S/C13H17NO4/c1-3-4-8-18-13(15)10(2)11-6-5-7-12(9-11)14(16)17/h5-7,9-10H,3-4,8H2,1-2H3. The van der Waals surface area contributed by atoms with Crippen molar-refractivity contribution in [2.24, 2.45) is 0 Å². The molecule has 0 fully saturated rings. The van der Waals surface area contributed by atoms with Crippen LogP contribution in [0.1, 0.15) is 38.2 Å². The van der Waals surface area contributed by atoms with Crippen LogP contribution in [0.15, 0.2) is 24.3 Å². The summed E-state index contributed by atoms with van der Waals surface area (Å²) < 4.78 is 5.09. The van der Waals surface area contributed by atoms with Crippen molar-refractivity contribution < 1.29 is 14.5 Å². The quantitative estimate of drug-likeness (QED) is 0.337. The van der Waals surface area contributed by atoms with Crippen LogP contribution >= 0.6 is 0 Å². The number of non-ortho nitro benzene ring substituents is 1. The Morgan fingerprint density at radius 2 is 2.22 bits per heavy atom. The van der Waals surface area contributed by atoms with E-state index in [0.29, 0.717) is 12.2 Å². The third kappa shape index (κ3) is 3.84. The Labute approximate surface area is 106 Å². The lowest BCUT2D eigenvalue weighted by atomic mass is 10.0. The summed E-state index contributed by atoms with van der Waals surface area (Å²) in [5, 5.41) is 10.6. The number of carbonyl (C=O) groups excluding carboxylic acids is 1. The van der Waals surface area contributed by atoms with Gasteiger partial charge in [-0.15, -0.1) is 0 Å². The van der Waals surface area contributed by atoms with E-state index in [1.165, 1.54) is 12.1 Å². The molecule has 5 nitrogen and oxygen atoms in total. The average Bonchev–Trinajstić information content (AvgIpc) is 2.38. The number of unbranched alkanes of at least 4 members (excludes halogenated alkanes) is 1. The van der Waals surface area contributed by atoms with Gasteiger partial charge in [0.05, 0.1) is 17.4 Å². The minimum atomic E-state index is -0.484. The monoisotopic (exact) mass is 251 g/mol. The number of rotatable bonds is 6. The van der Waals surface area contributed by atoms with Crippen LogP contribution in [0, 0.1) is 10.1 Å². The van der Waals surface area contributed by atoms with E-state index in [4.69, 9.17) is 4.74 Å². The van der Waals surface area contributed by atoms with Crippen LogP contribution in [0.3, 0.4) is 0 Å². The third-order valence-corrected chi connectivity index (χ3v) is 2.68. The van der Waals surface area contributed by atoms with Gasteiger partial charge in [-0.25, -0.2) is 0 Å². The molecule has 98 valence electrons. The van der Waals surface area contributed by atoms with Gasteiger partial charge in [0, 0.05) is 12.1 Å². The molecule has 0 amide bonds. The first-order chi connectivity index (χ1) is 8.56. The molecule has 1 unspecified atom stereocenters. The van der Waals surface area contributed by atoms with Crippen molar-refractivity contribution in [1.82, 2.24) is 0 Å². The zero-order valence-electron chi connectivity index (χ0n) is 10.6. The predicted molar refractivity (Wildman–Crippen MR) is 67.4 cm³/mol. The second-order valence-electron chi connectivity index (χ2n) is 4.09. The van der Waals surface area contributed by atoms with Gasteiger partial charge in [-0.3, -0.25) is 14.9 Å². The summed E-state index contributed by atoms with van der Waals surface area (Å²) in [5.41, 5.74) is 0.589. The van der Waals surface area contributed by atoms with Crippen LogP contribution in [-0.2, 0) is 9.53 Å². The highest BCUT2D eigenvalue weighted by atomic mass is 16.6. The fourth-order valence-corrected chi connectivity index (χ4v) is 1.49. The van der Waals surface area contributed by atoms with Gasteiger partial charge in [-0.2, -0.15) is 0 Å². The van der Waals surface area contributed by atoms with Crippen LogP contribution < -0.4 is 0 Å². The van der Waals surface area contributed by atoms with Gasteiger partial charge in [0.2, 0.25) is 0 Å². The van der Waals surface area contributed by atoms with Gasteiger partial charge in [0.25, 0.3) is 5.69 Å². The van der Waals surface area contributed by atoms with E-state index in [1.807, 2.05) is 6.92 Å². The summed E-state index contributed by atoms with van der Waals surface area (Å²) >= 11 is 0. The van der Waals surface area contributed by atoms with Crippen molar-refractivity contribution >= 4 is 11.7 Å². The van der Waals surface area contributed by atoms with Gasteiger partial charge >= 0.3 is 5.97 Å². The van der Waals surface area contributed by atoms with Crippen molar-refractivity contribution in [1.29, 1.82) is 0 Å². The molecule has 5 heteroatoms. The molecule has 0 aliphatic rings. The summed E-state index contributed by atoms with van der Waals surface area (Å²) in [6, 6.07) is 6.08. The first kappa shape index (κ1) is 14.2. The zero-order valence-corrected chi connectivity index (χ0v) is 10.6. The molecule has 0 saturated heterocycles. The largest absolute Gasteiger partial charge is 0.465 e. The molecule has 0 aliphatic heterocycles. The highest BCUT2D eigenvalue weighted by Crippen LogP contribution is 2.21. The minimum Gasteiger partial charge on any atom is -0.465 e. The first-order valence-corrected chi connectivity index (χ1v) is 5.97. The van der Waals surface area contributed by atoms with Crippen LogP contribution in [-0.4, -0.2) is 17.5 Å². The van der Waals surface area contributed by atoms with Crippen molar-refractivity contribution in [2.45, 2.75) is 32.6 Å². The van der Waals surface area contributed by atoms with Crippen molar-refractivity contribution in [3.8, 4) is 0 Å². The molecule has 0 aliphatic carbocycles. The van der Waals surface area contributed by atoms with Gasteiger partial charge in [0.1, 0.15) is 0 Å². The number of nitro groups is 1. The van der Waals surface area contributed by atoms with Crippen molar-refractivity contribution in [3.63, 3.8) is 0 Å². The zero-order chi connectivity index (χ0) is 13.5. The topological polar surface area (TPSA) is 69.4 Å². The van der Waals surface area contributed by atoms with Gasteiger partial charge in [0.15, 0.2) is 0 Å². The maximum absolute atomic E-state index is 11.7. The van der Waals surface area contributed by atoms with Crippen LogP contribution in [0.25, 0.3) is 0 Å². The van der Waals surface area contributed by atoms with Crippen molar-refractivity contribution in [2.75, 3.05) is 6.61 Å². The fraction of sp³-hybridized carbons (Fsp3) is 0.462. The van der Waals surface area contributed by atoms with E-state index in [0.717, 1.165) is 12.8 Å². The van der Waals surface area contributed by atoms with Crippen molar-refractivity contribution in [3.05, 3.63) is 39.9 Å². The highest BCUT2D eigenvalue weighted by molar-refractivity contribution is 5.77. The number of carbonyl (C=O) groups is 1. The molecule has 0 heterocycles. The molecule has 1 aromatic carbocycles. The molecule has 18 heavy (non-hydrogen) atoms. The third-order valence-electron chi connectivity index (χ3n) is 2.68. The molecule has 0 bridgehead atoms. The Kier molecular flexibility index (Phi) is 5.30. The average molecular weight is 251 g/mol. The molecular weight excluding hydrogens is 234 g/mol. The number of nitro benzene ring substituents is 1. The Morgan fingerprint density at radius 3 is 2.83 bits per heavy atom. The molecule has 0 N–H and O–H groups in total. The summed E-state index contributed by atoms with van der Waals surface area (Å²) in [6.07, 6.45) is 1.78. The van der Waals surface area contributed by atoms with E-state index in [1.54, 1.807) is 19.1 Å². The smallest absolute Gasteiger partial charge is 0.313 e. The van der Waals surface area contributed by atoms with Crippen LogP contribution in [0.5, 0.6) is 0 Å². The second-order valence-corrected chi connectivity index (χ2v) is 4.09. The lowest BCUT2D eigenvalue weighted by Gasteiger charge is -2.11. The maximum atomic E-state index is 11.7. The highest BCUT2D eigenvalue weighted by Gasteiger charge is 2.18. The lowest BCUT2D eigenvalue weighted by Crippen LogP contribution is -2.14. The Morgan fingerprint density at radius 1 is 1.50 bits per heavy atom. The second kappa shape index (κ2) is 6.74. The van der Waals surface area contributed by atoms with E-state index >= 15 is 0 Å². The molecule has 0 aromatic heterocycles. The molecular formula is C13H17NO4. The normalized spacial score (nSPS) is 11.9. The molecule has 0 radical (unpaired) electrons. The molecule has 0 spiro atoms. The summed E-state index contributed by atoms with van der Waals surface area (Å²) in [5.74, 6) is -0.828. The molecule has 1 rings (SSSR count). The molecule has 0 saturated carbocycles. The van der Waals surface area contributed by atoms with E-state index in [-0.39, 0.29) is 11.7 Å². The van der Waals surface area contributed by atoms with E-state index in [2.05, 4.69) is 0 Å². The van der Waals surface area contributed by atoms with Gasteiger partial charge < -0.3 is 4.74 Å². The van der Waals surface area contributed by atoms with E-state index in [9.17, 15) is 14.9 Å². The number of ether oxygens (including phenoxy) is 1. The minimum absolute atomic E-state index is 0.0132. The van der Waals surface area contributed by atoms with Gasteiger partial charge in [-0.1, -0.05) is 25.5 Å². The number of hydrogen-bond acceptors (Lipinski definition) is 4. The van der Waals surface area contributed by atoms with Crippen LogP contribution in [0.2, 0.25) is 0 Å². The SMILES string of the molecule is CCCCOC(=O)C(C)c1cccc([N+](=O)[O-])c1. The van der Waals surface area contributed by atoms with Gasteiger partial charge in [-0.05, 0) is 18.9 Å². The predicted octanol–water partition coefficient (Wildman–Crippen LogP) is 3.04. The summed E-state index contributed by atoms with van der Waals surface area (Å²) in [4.78, 5) is 21.9. The Bertz CT molecular complexity index is 431.